The lowest BCUT2D eigenvalue weighted by Crippen LogP contribution is -2.35. The Morgan fingerprint density at radius 3 is 1.68 bits per heavy atom. The van der Waals surface area contributed by atoms with Crippen LogP contribution in [0.2, 0.25) is 0 Å². The summed E-state index contributed by atoms with van der Waals surface area (Å²) in [5.74, 6) is -5.26. The van der Waals surface area contributed by atoms with Gasteiger partial charge in [0.1, 0.15) is 0 Å². The van der Waals surface area contributed by atoms with Crippen LogP contribution in [-0.4, -0.2) is 50.3 Å². The van der Waals surface area contributed by atoms with Gasteiger partial charge in [-0.1, -0.05) is 6.08 Å². The fourth-order valence-electron chi connectivity index (χ4n) is 2.01. The van der Waals surface area contributed by atoms with Crippen LogP contribution in [-0.2, 0) is 38.1 Å². The molecule has 0 heterocycles. The molecule has 0 N–H and O–H groups in total. The highest BCUT2D eigenvalue weighted by Crippen LogP contribution is 2.22. The zero-order valence-corrected chi connectivity index (χ0v) is 15.1. The predicted molar refractivity (Wildman–Crippen MR) is 87.3 cm³/mol. The molecule has 0 fully saturated rings. The van der Waals surface area contributed by atoms with Crippen molar-refractivity contribution in [2.75, 3.05) is 26.4 Å². The number of carbonyl (C=O) groups excluding carboxylic acids is 4. The van der Waals surface area contributed by atoms with E-state index in [1.807, 2.05) is 0 Å². The number of hydrogen-bond acceptors (Lipinski definition) is 8. The van der Waals surface area contributed by atoms with Gasteiger partial charge in [-0.15, -0.1) is 0 Å². The Morgan fingerprint density at radius 1 is 0.760 bits per heavy atom. The van der Waals surface area contributed by atoms with Crippen LogP contribution in [0, 0.1) is 11.8 Å². The zero-order valence-electron chi connectivity index (χ0n) is 15.1. The minimum Gasteiger partial charge on any atom is -0.466 e. The van der Waals surface area contributed by atoms with Gasteiger partial charge in [0, 0.05) is 12.0 Å². The third kappa shape index (κ3) is 8.88. The van der Waals surface area contributed by atoms with Crippen molar-refractivity contribution in [3.05, 3.63) is 12.2 Å². The Bertz CT molecular complexity index is 465. The third-order valence-electron chi connectivity index (χ3n) is 2.98. The van der Waals surface area contributed by atoms with E-state index in [0.29, 0.717) is 0 Å². The monoisotopic (exact) mass is 358 g/mol. The molecule has 0 spiro atoms. The van der Waals surface area contributed by atoms with Crippen molar-refractivity contribution in [2.24, 2.45) is 11.8 Å². The quantitative estimate of drug-likeness (QED) is 0.236. The normalized spacial score (nSPS) is 11.9. The average Bonchev–Trinajstić information content (AvgIpc) is 2.53. The summed E-state index contributed by atoms with van der Waals surface area (Å²) in [4.78, 5) is 47.7. The molecular weight excluding hydrogens is 332 g/mol. The maximum atomic E-state index is 12.2. The molecule has 1 atom stereocenters. The number of hydrogen-bond donors (Lipinski definition) is 0. The molecule has 0 saturated heterocycles. The summed E-state index contributed by atoms with van der Waals surface area (Å²) in [7, 11) is 0. The first-order valence-corrected chi connectivity index (χ1v) is 8.24. The van der Waals surface area contributed by atoms with Crippen molar-refractivity contribution in [3.63, 3.8) is 0 Å². The van der Waals surface area contributed by atoms with Crippen molar-refractivity contribution in [2.45, 2.75) is 34.1 Å². The Hall–Kier alpha value is -2.38. The van der Waals surface area contributed by atoms with E-state index in [-0.39, 0.29) is 32.8 Å². The molecule has 0 bridgehead atoms. The highest BCUT2D eigenvalue weighted by atomic mass is 16.6. The number of ether oxygens (including phenoxy) is 4. The molecule has 0 aliphatic rings. The Balaban J connectivity index is 5.54. The molecule has 8 heteroatoms. The van der Waals surface area contributed by atoms with Gasteiger partial charge in [0.2, 0.25) is 0 Å². The second-order valence-electron chi connectivity index (χ2n) is 4.77. The van der Waals surface area contributed by atoms with E-state index in [1.54, 1.807) is 27.7 Å². The first kappa shape index (κ1) is 22.6. The molecule has 0 aliphatic carbocycles. The fourth-order valence-corrected chi connectivity index (χ4v) is 2.01. The highest BCUT2D eigenvalue weighted by Gasteiger charge is 2.37. The van der Waals surface area contributed by atoms with Gasteiger partial charge in [-0.05, 0) is 27.7 Å². The summed E-state index contributed by atoms with van der Waals surface area (Å²) >= 11 is 0. The standard InChI is InChI=1S/C17H26O8/c1-5-22-13(18)10-9-12(11-14(19)23-6-2)15(16(20)24-7-3)17(21)25-8-4/h9-10,12,15H,5-8,11H2,1-4H3/b10-9+. The van der Waals surface area contributed by atoms with Crippen LogP contribution in [0.15, 0.2) is 12.2 Å². The van der Waals surface area contributed by atoms with Gasteiger partial charge in [-0.25, -0.2) is 4.79 Å². The number of rotatable bonds is 11. The first-order chi connectivity index (χ1) is 11.9. The van der Waals surface area contributed by atoms with E-state index >= 15 is 0 Å². The summed E-state index contributed by atoms with van der Waals surface area (Å²) in [5.41, 5.74) is 0. The first-order valence-electron chi connectivity index (χ1n) is 8.24. The Morgan fingerprint density at radius 2 is 1.24 bits per heavy atom. The topological polar surface area (TPSA) is 105 Å². The van der Waals surface area contributed by atoms with Crippen LogP contribution in [0.4, 0.5) is 0 Å². The molecule has 142 valence electrons. The molecule has 0 aromatic heterocycles. The van der Waals surface area contributed by atoms with Crippen LogP contribution in [0.3, 0.4) is 0 Å². The maximum Gasteiger partial charge on any atom is 0.330 e. The smallest absolute Gasteiger partial charge is 0.330 e. The predicted octanol–water partition coefficient (Wildman–Crippen LogP) is 1.42. The number of esters is 4. The minimum atomic E-state index is -1.38. The fraction of sp³-hybridized carbons (Fsp3) is 0.647. The summed E-state index contributed by atoms with van der Waals surface area (Å²) in [6.07, 6.45) is 2.05. The molecule has 0 radical (unpaired) electrons. The van der Waals surface area contributed by atoms with Gasteiger partial charge in [0.25, 0.3) is 0 Å². The molecule has 8 nitrogen and oxygen atoms in total. The lowest BCUT2D eigenvalue weighted by Gasteiger charge is -2.21. The SMILES string of the molecule is CCOC(=O)/C=C/C(CC(=O)OCC)C(C(=O)OCC)C(=O)OCC. The van der Waals surface area contributed by atoms with Crippen LogP contribution in [0.5, 0.6) is 0 Å². The minimum absolute atomic E-state index is 0.0580. The van der Waals surface area contributed by atoms with Crippen LogP contribution in [0.25, 0.3) is 0 Å². The Labute approximate surface area is 147 Å². The molecule has 0 aliphatic heterocycles. The van der Waals surface area contributed by atoms with E-state index in [4.69, 9.17) is 18.9 Å². The maximum absolute atomic E-state index is 12.2. The van der Waals surface area contributed by atoms with Crippen LogP contribution in [0.1, 0.15) is 34.1 Å². The van der Waals surface area contributed by atoms with E-state index < -0.39 is 35.7 Å². The van der Waals surface area contributed by atoms with E-state index in [9.17, 15) is 19.2 Å². The van der Waals surface area contributed by atoms with Crippen LogP contribution < -0.4 is 0 Å². The van der Waals surface area contributed by atoms with Crippen molar-refractivity contribution in [1.82, 2.24) is 0 Å². The van der Waals surface area contributed by atoms with Crippen molar-refractivity contribution in [1.29, 1.82) is 0 Å². The molecule has 1 unspecified atom stereocenters. The van der Waals surface area contributed by atoms with Crippen molar-refractivity contribution >= 4 is 23.9 Å². The van der Waals surface area contributed by atoms with Crippen molar-refractivity contribution < 1.29 is 38.1 Å². The second kappa shape index (κ2) is 13.0. The number of carbonyl (C=O) groups is 4. The summed E-state index contributed by atoms with van der Waals surface area (Å²) < 4.78 is 19.4. The van der Waals surface area contributed by atoms with Gasteiger partial charge in [0.15, 0.2) is 5.92 Å². The Kier molecular flexibility index (Phi) is 11.7. The molecule has 0 amide bonds. The van der Waals surface area contributed by atoms with E-state index in [1.165, 1.54) is 6.08 Å². The van der Waals surface area contributed by atoms with Gasteiger partial charge in [-0.2, -0.15) is 0 Å². The van der Waals surface area contributed by atoms with Gasteiger partial charge in [-0.3, -0.25) is 14.4 Å². The number of allylic oxidation sites excluding steroid dienone is 1. The third-order valence-corrected chi connectivity index (χ3v) is 2.98. The van der Waals surface area contributed by atoms with E-state index in [2.05, 4.69) is 0 Å². The second-order valence-corrected chi connectivity index (χ2v) is 4.77. The molecular formula is C17H26O8. The molecule has 0 rings (SSSR count). The lowest BCUT2D eigenvalue weighted by molar-refractivity contribution is -0.164. The lowest BCUT2D eigenvalue weighted by atomic mass is 9.88. The van der Waals surface area contributed by atoms with Crippen molar-refractivity contribution in [3.8, 4) is 0 Å². The summed E-state index contributed by atoms with van der Waals surface area (Å²) in [6, 6.07) is 0. The largest absolute Gasteiger partial charge is 0.466 e. The molecule has 0 aromatic carbocycles. The zero-order chi connectivity index (χ0) is 19.2. The van der Waals surface area contributed by atoms with Gasteiger partial charge in [0.05, 0.1) is 32.8 Å². The summed E-state index contributed by atoms with van der Waals surface area (Å²) in [5, 5.41) is 0. The average molecular weight is 358 g/mol. The van der Waals surface area contributed by atoms with Crippen LogP contribution >= 0.6 is 0 Å². The highest BCUT2D eigenvalue weighted by molar-refractivity contribution is 5.96. The molecule has 25 heavy (non-hydrogen) atoms. The van der Waals surface area contributed by atoms with Gasteiger partial charge < -0.3 is 18.9 Å². The van der Waals surface area contributed by atoms with E-state index in [0.717, 1.165) is 6.08 Å². The molecule has 0 saturated carbocycles. The van der Waals surface area contributed by atoms with Gasteiger partial charge >= 0.3 is 23.9 Å². The summed E-state index contributed by atoms with van der Waals surface area (Å²) in [6.45, 7) is 6.90. The molecule has 0 aromatic rings.